The van der Waals surface area contributed by atoms with E-state index in [0.717, 1.165) is 0 Å². The highest BCUT2D eigenvalue weighted by Gasteiger charge is 2.34. The second-order valence-electron chi connectivity index (χ2n) is 3.14. The molecule has 0 saturated carbocycles. The highest BCUT2D eigenvalue weighted by atomic mass is 16.4. The fourth-order valence-corrected chi connectivity index (χ4v) is 1.29. The zero-order valence-corrected chi connectivity index (χ0v) is 7.81. The number of hydrogen-bond donors (Lipinski definition) is 2. The Kier molecular flexibility index (Phi) is 3.04. The molecule has 3 heteroatoms. The first-order valence-electron chi connectivity index (χ1n) is 4.30. The minimum atomic E-state index is -1.36. The van der Waals surface area contributed by atoms with E-state index in [1.807, 2.05) is 6.07 Å². The maximum atomic E-state index is 11.0. The lowest BCUT2D eigenvalue weighted by Crippen LogP contribution is -2.44. The third kappa shape index (κ3) is 1.83. The van der Waals surface area contributed by atoms with Crippen molar-refractivity contribution in [1.82, 2.24) is 0 Å². The molecule has 3 N–H and O–H groups in total. The van der Waals surface area contributed by atoms with Crippen molar-refractivity contribution in [1.29, 1.82) is 0 Å². The van der Waals surface area contributed by atoms with Crippen molar-refractivity contribution in [2.75, 3.05) is 0 Å². The summed E-state index contributed by atoms with van der Waals surface area (Å²) in [5, 5.41) is 9.04. The van der Waals surface area contributed by atoms with Crippen LogP contribution in [-0.2, 0) is 10.3 Å². The number of carboxylic acids is 1. The molecule has 14 heavy (non-hydrogen) atoms. The lowest BCUT2D eigenvalue weighted by Gasteiger charge is -2.23. The van der Waals surface area contributed by atoms with Crippen LogP contribution in [0.3, 0.4) is 0 Å². The highest BCUT2D eigenvalue weighted by Crippen LogP contribution is 2.22. The van der Waals surface area contributed by atoms with E-state index in [0.29, 0.717) is 5.56 Å². The number of nitrogens with two attached hydrogens (primary N) is 1. The van der Waals surface area contributed by atoms with Gasteiger partial charge in [0.05, 0.1) is 0 Å². The van der Waals surface area contributed by atoms with E-state index in [9.17, 15) is 4.79 Å². The Balaban J connectivity index is 3.12. The largest absolute Gasteiger partial charge is 0.480 e. The number of rotatable bonds is 4. The summed E-state index contributed by atoms with van der Waals surface area (Å²) in [6, 6.07) is 8.76. The fraction of sp³-hybridized carbons (Fsp3) is 0.182. The van der Waals surface area contributed by atoms with E-state index in [2.05, 4.69) is 6.58 Å². The molecule has 0 aliphatic heterocycles. The van der Waals surface area contributed by atoms with Crippen LogP contribution in [0.25, 0.3) is 0 Å². The van der Waals surface area contributed by atoms with E-state index in [4.69, 9.17) is 10.8 Å². The van der Waals surface area contributed by atoms with Gasteiger partial charge < -0.3 is 10.8 Å². The molecular weight excluding hydrogens is 178 g/mol. The van der Waals surface area contributed by atoms with Crippen LogP contribution in [0.4, 0.5) is 0 Å². The average molecular weight is 191 g/mol. The molecule has 1 atom stereocenters. The quantitative estimate of drug-likeness (QED) is 0.709. The smallest absolute Gasteiger partial charge is 0.328 e. The number of carbonyl (C=O) groups is 1. The third-order valence-electron chi connectivity index (χ3n) is 2.14. The molecule has 0 fully saturated rings. The summed E-state index contributed by atoms with van der Waals surface area (Å²) in [5.41, 5.74) is 5.03. The van der Waals surface area contributed by atoms with Crippen LogP contribution in [0, 0.1) is 0 Å². The van der Waals surface area contributed by atoms with Gasteiger partial charge in [0.2, 0.25) is 0 Å². The van der Waals surface area contributed by atoms with Gasteiger partial charge in [-0.1, -0.05) is 36.4 Å². The van der Waals surface area contributed by atoms with Gasteiger partial charge in [-0.2, -0.15) is 0 Å². The summed E-state index contributed by atoms with van der Waals surface area (Å²) in [7, 11) is 0. The summed E-state index contributed by atoms with van der Waals surface area (Å²) >= 11 is 0. The number of benzene rings is 1. The van der Waals surface area contributed by atoms with Crippen molar-refractivity contribution in [3.05, 3.63) is 48.6 Å². The number of aliphatic carboxylic acids is 1. The van der Waals surface area contributed by atoms with E-state index in [1.54, 1.807) is 24.3 Å². The molecule has 0 bridgehead atoms. The van der Waals surface area contributed by atoms with Crippen molar-refractivity contribution in [3.8, 4) is 0 Å². The Morgan fingerprint density at radius 1 is 1.50 bits per heavy atom. The van der Waals surface area contributed by atoms with Gasteiger partial charge >= 0.3 is 5.97 Å². The molecule has 0 unspecified atom stereocenters. The minimum absolute atomic E-state index is 0.215. The van der Waals surface area contributed by atoms with Crippen molar-refractivity contribution in [2.45, 2.75) is 12.0 Å². The maximum absolute atomic E-state index is 11.0. The molecule has 0 spiro atoms. The van der Waals surface area contributed by atoms with Crippen molar-refractivity contribution in [2.24, 2.45) is 5.73 Å². The molecule has 1 aromatic carbocycles. The van der Waals surface area contributed by atoms with E-state index < -0.39 is 11.5 Å². The lowest BCUT2D eigenvalue weighted by molar-refractivity contribution is -0.143. The first kappa shape index (κ1) is 10.5. The highest BCUT2D eigenvalue weighted by molar-refractivity contribution is 5.80. The lowest BCUT2D eigenvalue weighted by atomic mass is 9.88. The maximum Gasteiger partial charge on any atom is 0.328 e. The molecule has 0 amide bonds. The SMILES string of the molecule is C=CC[C@@](N)(C(=O)O)c1ccccc1. The summed E-state index contributed by atoms with van der Waals surface area (Å²) in [5.74, 6) is -1.04. The predicted octanol–water partition coefficient (Wildman–Crippen LogP) is 1.50. The zero-order chi connectivity index (χ0) is 10.6. The standard InChI is InChI=1S/C11H13NO2/c1-2-8-11(12,10(13)14)9-6-4-3-5-7-9/h2-7H,1,8,12H2,(H,13,14)/t11-/m0/s1. The molecule has 0 aliphatic carbocycles. The molecule has 0 aliphatic rings. The molecule has 1 aromatic rings. The van der Waals surface area contributed by atoms with Gasteiger partial charge in [0.15, 0.2) is 0 Å². The van der Waals surface area contributed by atoms with Gasteiger partial charge in [-0.05, 0) is 12.0 Å². The summed E-state index contributed by atoms with van der Waals surface area (Å²) in [4.78, 5) is 11.0. The van der Waals surface area contributed by atoms with E-state index in [-0.39, 0.29) is 6.42 Å². The van der Waals surface area contributed by atoms with Crippen LogP contribution in [0.2, 0.25) is 0 Å². The van der Waals surface area contributed by atoms with Crippen LogP contribution in [0.5, 0.6) is 0 Å². The Labute approximate surface area is 82.9 Å². The van der Waals surface area contributed by atoms with Crippen molar-refractivity contribution in [3.63, 3.8) is 0 Å². The van der Waals surface area contributed by atoms with Gasteiger partial charge in [-0.3, -0.25) is 0 Å². The molecule has 0 saturated heterocycles. The number of carboxylic acid groups (broad SMARTS) is 1. The first-order chi connectivity index (χ1) is 6.61. The van der Waals surface area contributed by atoms with Gasteiger partial charge in [-0.15, -0.1) is 6.58 Å². The molecule has 0 heterocycles. The average Bonchev–Trinajstić information content (AvgIpc) is 2.19. The predicted molar refractivity (Wildman–Crippen MR) is 54.8 cm³/mol. The van der Waals surface area contributed by atoms with Crippen molar-refractivity contribution < 1.29 is 9.90 Å². The number of hydrogen-bond acceptors (Lipinski definition) is 2. The molecule has 1 rings (SSSR count). The molecule has 0 aromatic heterocycles. The molecular formula is C11H13NO2. The Bertz CT molecular complexity index is 334. The third-order valence-corrected chi connectivity index (χ3v) is 2.14. The summed E-state index contributed by atoms with van der Waals surface area (Å²) < 4.78 is 0. The monoisotopic (exact) mass is 191 g/mol. The van der Waals surface area contributed by atoms with Crippen LogP contribution < -0.4 is 5.73 Å². The second kappa shape index (κ2) is 4.07. The zero-order valence-electron chi connectivity index (χ0n) is 7.81. The van der Waals surface area contributed by atoms with Gasteiger partial charge in [-0.25, -0.2) is 4.79 Å². The Morgan fingerprint density at radius 3 is 2.50 bits per heavy atom. The molecule has 74 valence electrons. The first-order valence-corrected chi connectivity index (χ1v) is 4.30. The van der Waals surface area contributed by atoms with Crippen molar-refractivity contribution >= 4 is 5.97 Å². The second-order valence-corrected chi connectivity index (χ2v) is 3.14. The van der Waals surface area contributed by atoms with Gasteiger partial charge in [0, 0.05) is 0 Å². The van der Waals surface area contributed by atoms with Crippen LogP contribution in [0.1, 0.15) is 12.0 Å². The summed E-state index contributed by atoms with van der Waals surface area (Å²) in [6.07, 6.45) is 1.73. The fourth-order valence-electron chi connectivity index (χ4n) is 1.29. The van der Waals surface area contributed by atoms with Crippen LogP contribution >= 0.6 is 0 Å². The minimum Gasteiger partial charge on any atom is -0.480 e. The van der Waals surface area contributed by atoms with Gasteiger partial charge in [0.1, 0.15) is 5.54 Å². The topological polar surface area (TPSA) is 63.3 Å². The van der Waals surface area contributed by atoms with Crippen LogP contribution in [-0.4, -0.2) is 11.1 Å². The normalized spacial score (nSPS) is 14.4. The summed E-state index contributed by atoms with van der Waals surface area (Å²) in [6.45, 7) is 3.51. The van der Waals surface area contributed by atoms with Crippen LogP contribution in [0.15, 0.2) is 43.0 Å². The van der Waals surface area contributed by atoms with E-state index >= 15 is 0 Å². The molecule has 0 radical (unpaired) electrons. The van der Waals surface area contributed by atoms with Gasteiger partial charge in [0.25, 0.3) is 0 Å². The van der Waals surface area contributed by atoms with E-state index in [1.165, 1.54) is 6.08 Å². The molecule has 3 nitrogen and oxygen atoms in total. The Morgan fingerprint density at radius 2 is 2.07 bits per heavy atom. The Hall–Kier alpha value is -1.61.